The predicted octanol–water partition coefficient (Wildman–Crippen LogP) is 2.08. The van der Waals surface area contributed by atoms with Gasteiger partial charge in [-0.25, -0.2) is 0 Å². The van der Waals surface area contributed by atoms with Gasteiger partial charge < -0.3 is 14.7 Å². The molecule has 1 N–H and O–H groups in total. The van der Waals surface area contributed by atoms with Crippen molar-refractivity contribution in [3.63, 3.8) is 0 Å². The summed E-state index contributed by atoms with van der Waals surface area (Å²) < 4.78 is 5.11. The molecule has 1 aliphatic heterocycles. The van der Waals surface area contributed by atoms with Gasteiger partial charge in [-0.05, 0) is 31.0 Å². The van der Waals surface area contributed by atoms with Gasteiger partial charge >= 0.3 is 5.97 Å². The summed E-state index contributed by atoms with van der Waals surface area (Å²) in [5.41, 5.74) is 0.841. The molecule has 1 fully saturated rings. The van der Waals surface area contributed by atoms with E-state index in [0.29, 0.717) is 25.1 Å². The van der Waals surface area contributed by atoms with E-state index in [-0.39, 0.29) is 5.91 Å². The van der Waals surface area contributed by atoms with Gasteiger partial charge in [-0.2, -0.15) is 0 Å². The first kappa shape index (κ1) is 14.4. The average Bonchev–Trinajstić information content (AvgIpc) is 2.46. The smallest absolute Gasteiger partial charge is 0.308 e. The lowest BCUT2D eigenvalue weighted by Gasteiger charge is -2.39. The van der Waals surface area contributed by atoms with Crippen LogP contribution in [0.3, 0.4) is 0 Å². The van der Waals surface area contributed by atoms with Crippen LogP contribution in [-0.4, -0.2) is 35.5 Å². The SMILES string of the molecule is CCN1C(=O)CC[C@@H](C(=O)O)[C@@H]1c1ccc(OC)cc1. The highest BCUT2D eigenvalue weighted by atomic mass is 16.5. The lowest BCUT2D eigenvalue weighted by atomic mass is 9.84. The zero-order valence-electron chi connectivity index (χ0n) is 11.7. The molecule has 5 nitrogen and oxygen atoms in total. The Morgan fingerprint density at radius 3 is 2.55 bits per heavy atom. The molecule has 0 aliphatic carbocycles. The summed E-state index contributed by atoms with van der Waals surface area (Å²) in [6, 6.07) is 6.86. The number of aliphatic carboxylic acids is 1. The fourth-order valence-corrected chi connectivity index (χ4v) is 2.80. The van der Waals surface area contributed by atoms with Crippen molar-refractivity contribution in [2.24, 2.45) is 5.92 Å². The van der Waals surface area contributed by atoms with E-state index < -0.39 is 17.9 Å². The molecule has 108 valence electrons. The number of ether oxygens (including phenoxy) is 1. The minimum atomic E-state index is -0.850. The van der Waals surface area contributed by atoms with Crippen LogP contribution in [-0.2, 0) is 9.59 Å². The standard InChI is InChI=1S/C15H19NO4/c1-3-16-13(17)9-8-12(15(18)19)14(16)10-4-6-11(20-2)7-5-10/h4-7,12,14H,3,8-9H2,1-2H3,(H,18,19)/t12-,14+/m1/s1. The monoisotopic (exact) mass is 277 g/mol. The maximum Gasteiger partial charge on any atom is 0.308 e. The second kappa shape index (κ2) is 5.94. The minimum absolute atomic E-state index is 0.0193. The summed E-state index contributed by atoms with van der Waals surface area (Å²) in [5.74, 6) is -0.672. The van der Waals surface area contributed by atoms with Crippen LogP contribution in [0.1, 0.15) is 31.4 Å². The van der Waals surface area contributed by atoms with Crippen LogP contribution in [0.5, 0.6) is 5.75 Å². The highest BCUT2D eigenvalue weighted by Gasteiger charge is 2.39. The van der Waals surface area contributed by atoms with Crippen LogP contribution in [0.2, 0.25) is 0 Å². The van der Waals surface area contributed by atoms with Crippen LogP contribution in [0.15, 0.2) is 24.3 Å². The molecule has 0 aromatic heterocycles. The first-order valence-corrected chi connectivity index (χ1v) is 6.74. The quantitative estimate of drug-likeness (QED) is 0.915. The molecule has 0 spiro atoms. The summed E-state index contributed by atoms with van der Waals surface area (Å²) in [7, 11) is 1.58. The van der Waals surface area contributed by atoms with Crippen LogP contribution in [0.4, 0.5) is 0 Å². The number of carboxylic acid groups (broad SMARTS) is 1. The molecular formula is C15H19NO4. The molecule has 1 aliphatic rings. The van der Waals surface area contributed by atoms with Crippen molar-refractivity contribution >= 4 is 11.9 Å². The summed E-state index contributed by atoms with van der Waals surface area (Å²) in [6.07, 6.45) is 0.693. The number of benzene rings is 1. The Hall–Kier alpha value is -2.04. The maximum atomic E-state index is 12.0. The molecule has 1 saturated heterocycles. The van der Waals surface area contributed by atoms with E-state index in [9.17, 15) is 14.7 Å². The van der Waals surface area contributed by atoms with Crippen molar-refractivity contribution in [1.29, 1.82) is 0 Å². The zero-order valence-corrected chi connectivity index (χ0v) is 11.7. The molecule has 20 heavy (non-hydrogen) atoms. The number of amides is 1. The van der Waals surface area contributed by atoms with Gasteiger partial charge in [0.05, 0.1) is 19.1 Å². The number of carboxylic acids is 1. The van der Waals surface area contributed by atoms with Crippen molar-refractivity contribution in [3.05, 3.63) is 29.8 Å². The number of rotatable bonds is 4. The molecule has 0 radical (unpaired) electrons. The second-order valence-electron chi connectivity index (χ2n) is 4.88. The Morgan fingerprint density at radius 2 is 2.05 bits per heavy atom. The van der Waals surface area contributed by atoms with Gasteiger partial charge in [0.25, 0.3) is 0 Å². The number of methoxy groups -OCH3 is 1. The maximum absolute atomic E-state index is 12.0. The van der Waals surface area contributed by atoms with E-state index in [2.05, 4.69) is 0 Å². The van der Waals surface area contributed by atoms with Crippen molar-refractivity contribution < 1.29 is 19.4 Å². The largest absolute Gasteiger partial charge is 0.497 e. The van der Waals surface area contributed by atoms with Crippen LogP contribution in [0, 0.1) is 5.92 Å². The Morgan fingerprint density at radius 1 is 1.40 bits per heavy atom. The fourth-order valence-electron chi connectivity index (χ4n) is 2.80. The number of piperidine rings is 1. The van der Waals surface area contributed by atoms with Crippen molar-refractivity contribution in [1.82, 2.24) is 4.90 Å². The van der Waals surface area contributed by atoms with Crippen LogP contribution >= 0.6 is 0 Å². The molecule has 1 heterocycles. The van der Waals surface area contributed by atoms with E-state index in [1.54, 1.807) is 24.1 Å². The summed E-state index contributed by atoms with van der Waals surface area (Å²) in [5, 5.41) is 9.41. The third-order valence-electron chi connectivity index (χ3n) is 3.82. The molecule has 1 amide bonds. The molecular weight excluding hydrogens is 258 g/mol. The summed E-state index contributed by atoms with van der Waals surface area (Å²) >= 11 is 0. The number of carbonyl (C=O) groups excluding carboxylic acids is 1. The van der Waals surface area contributed by atoms with E-state index >= 15 is 0 Å². The lowest BCUT2D eigenvalue weighted by Crippen LogP contribution is -2.45. The summed E-state index contributed by atoms with van der Waals surface area (Å²) in [4.78, 5) is 25.1. The van der Waals surface area contributed by atoms with Gasteiger partial charge in [0.15, 0.2) is 0 Å². The number of nitrogens with zero attached hydrogens (tertiary/aromatic N) is 1. The number of likely N-dealkylation sites (tertiary alicyclic amines) is 1. The van der Waals surface area contributed by atoms with Crippen LogP contribution < -0.4 is 4.74 Å². The topological polar surface area (TPSA) is 66.8 Å². The molecule has 0 bridgehead atoms. The van der Waals surface area contributed by atoms with Crippen molar-refractivity contribution in [2.45, 2.75) is 25.8 Å². The summed E-state index contributed by atoms with van der Waals surface area (Å²) in [6.45, 7) is 2.39. The van der Waals surface area contributed by atoms with Crippen LogP contribution in [0.25, 0.3) is 0 Å². The zero-order chi connectivity index (χ0) is 14.7. The van der Waals surface area contributed by atoms with Crippen molar-refractivity contribution in [3.8, 4) is 5.75 Å². The Balaban J connectivity index is 2.38. The normalized spacial score (nSPS) is 22.7. The van der Waals surface area contributed by atoms with E-state index in [1.807, 2.05) is 19.1 Å². The average molecular weight is 277 g/mol. The number of hydrogen-bond acceptors (Lipinski definition) is 3. The molecule has 1 aromatic carbocycles. The first-order valence-electron chi connectivity index (χ1n) is 6.74. The van der Waals surface area contributed by atoms with Gasteiger partial charge in [0.1, 0.15) is 5.75 Å². The lowest BCUT2D eigenvalue weighted by molar-refractivity contribution is -0.151. The molecule has 0 saturated carbocycles. The molecule has 2 rings (SSSR count). The molecule has 2 atom stereocenters. The molecule has 0 unspecified atom stereocenters. The Kier molecular flexibility index (Phi) is 4.27. The first-order chi connectivity index (χ1) is 9.58. The molecule has 1 aromatic rings. The Bertz CT molecular complexity index is 495. The Labute approximate surface area is 118 Å². The highest BCUT2D eigenvalue weighted by Crippen LogP contribution is 2.37. The predicted molar refractivity (Wildman–Crippen MR) is 73.5 cm³/mol. The third-order valence-corrected chi connectivity index (χ3v) is 3.82. The van der Waals surface area contributed by atoms with Gasteiger partial charge in [0, 0.05) is 13.0 Å². The van der Waals surface area contributed by atoms with Gasteiger partial charge in [-0.3, -0.25) is 9.59 Å². The fraction of sp³-hybridized carbons (Fsp3) is 0.467. The van der Waals surface area contributed by atoms with Crippen molar-refractivity contribution in [2.75, 3.05) is 13.7 Å². The second-order valence-corrected chi connectivity index (χ2v) is 4.88. The molecule has 5 heteroatoms. The van der Waals surface area contributed by atoms with Gasteiger partial charge in [-0.15, -0.1) is 0 Å². The van der Waals surface area contributed by atoms with Gasteiger partial charge in [-0.1, -0.05) is 12.1 Å². The number of hydrogen-bond donors (Lipinski definition) is 1. The highest BCUT2D eigenvalue weighted by molar-refractivity contribution is 5.81. The van der Waals surface area contributed by atoms with E-state index in [4.69, 9.17) is 4.74 Å². The van der Waals surface area contributed by atoms with Gasteiger partial charge in [0.2, 0.25) is 5.91 Å². The third kappa shape index (κ3) is 2.61. The van der Waals surface area contributed by atoms with E-state index in [0.717, 1.165) is 5.56 Å². The van der Waals surface area contributed by atoms with E-state index in [1.165, 1.54) is 0 Å². The minimum Gasteiger partial charge on any atom is -0.497 e. The number of carbonyl (C=O) groups is 2.